The lowest BCUT2D eigenvalue weighted by molar-refractivity contribution is 1.13. The Morgan fingerprint density at radius 2 is 0.611 bits per heavy atom. The third-order valence-electron chi connectivity index (χ3n) is 10.7. The zero-order valence-corrected chi connectivity index (χ0v) is 30.1. The van der Waals surface area contributed by atoms with Crippen molar-refractivity contribution in [3.63, 3.8) is 0 Å². The Labute approximate surface area is 316 Å². The van der Waals surface area contributed by atoms with Crippen molar-refractivity contribution < 1.29 is 0 Å². The second-order valence-corrected chi connectivity index (χ2v) is 13.8. The van der Waals surface area contributed by atoms with Crippen LogP contribution in [-0.4, -0.2) is 19.1 Å². The maximum atomic E-state index is 5.31. The topological polar surface area (TPSA) is 25.9 Å². The quantitative estimate of drug-likeness (QED) is 0.179. The number of pyridine rings is 1. The van der Waals surface area contributed by atoms with E-state index in [-0.39, 0.29) is 0 Å². The maximum absolute atomic E-state index is 5.31. The molecule has 2 aliphatic rings. The van der Waals surface area contributed by atoms with Crippen LogP contribution in [-0.2, 0) is 0 Å². The van der Waals surface area contributed by atoms with Gasteiger partial charge in [-0.15, -0.1) is 0 Å². The summed E-state index contributed by atoms with van der Waals surface area (Å²) in [6, 6.07) is 67.0. The molecule has 10 rings (SSSR count). The van der Waals surface area contributed by atoms with Gasteiger partial charge >= 0.3 is 0 Å². The van der Waals surface area contributed by atoms with Crippen molar-refractivity contribution in [2.45, 2.75) is 0 Å². The molecule has 54 heavy (non-hydrogen) atoms. The Balaban J connectivity index is 1.04. The van der Waals surface area contributed by atoms with Crippen LogP contribution < -0.4 is 19.6 Å². The van der Waals surface area contributed by atoms with Gasteiger partial charge in [-0.2, -0.15) is 0 Å². The van der Waals surface area contributed by atoms with E-state index in [0.717, 1.165) is 67.8 Å². The fraction of sp³-hybridized carbons (Fsp3) is 0.0408. The molecule has 0 aliphatic carbocycles. The Kier molecular flexibility index (Phi) is 7.51. The molecule has 3 heterocycles. The standard InChI is InChI=1S/C49H37N5/c1-51-42-16-6-10-20-46(42)53(47-21-11-7-17-43(47)51)38-28-24-35(25-29-38)40-32-37(34-14-4-3-5-15-34)33-41(50-40)36-26-30-39(31-27-36)54-48-22-12-8-18-44(48)52(2)45-19-9-13-23-49(45)54/h3-33H,1-2H3. The Morgan fingerprint density at radius 1 is 0.296 bits per heavy atom. The third-order valence-corrected chi connectivity index (χ3v) is 10.7. The van der Waals surface area contributed by atoms with Gasteiger partial charge in [-0.1, -0.05) is 103 Å². The van der Waals surface area contributed by atoms with E-state index in [4.69, 9.17) is 4.98 Å². The maximum Gasteiger partial charge on any atom is 0.0715 e. The number of para-hydroxylation sites is 8. The molecular formula is C49H37N5. The molecular weight excluding hydrogens is 659 g/mol. The van der Waals surface area contributed by atoms with E-state index < -0.39 is 0 Å². The molecule has 8 aromatic rings. The molecule has 0 N–H and O–H groups in total. The van der Waals surface area contributed by atoms with E-state index in [0.29, 0.717) is 0 Å². The lowest BCUT2D eigenvalue weighted by Crippen LogP contribution is -2.23. The number of nitrogens with zero attached hydrogens (tertiary/aromatic N) is 5. The molecule has 1 aromatic heterocycles. The van der Waals surface area contributed by atoms with Crippen LogP contribution in [0.1, 0.15) is 0 Å². The second kappa shape index (κ2) is 12.8. The summed E-state index contributed by atoms with van der Waals surface area (Å²) in [5.74, 6) is 0. The van der Waals surface area contributed by atoms with E-state index in [1.807, 2.05) is 0 Å². The van der Waals surface area contributed by atoms with Crippen LogP contribution in [0.4, 0.5) is 56.9 Å². The van der Waals surface area contributed by atoms with Gasteiger partial charge in [-0.25, -0.2) is 4.98 Å². The van der Waals surface area contributed by atoms with Crippen molar-refractivity contribution in [2.75, 3.05) is 33.7 Å². The summed E-state index contributed by atoms with van der Waals surface area (Å²) in [6.45, 7) is 0. The smallest absolute Gasteiger partial charge is 0.0715 e. The third kappa shape index (κ3) is 5.21. The molecule has 258 valence electrons. The van der Waals surface area contributed by atoms with E-state index in [1.165, 1.54) is 22.7 Å². The Hall–Kier alpha value is -7.11. The fourth-order valence-electron chi connectivity index (χ4n) is 8.01. The lowest BCUT2D eigenvalue weighted by Gasteiger charge is -2.38. The van der Waals surface area contributed by atoms with E-state index in [9.17, 15) is 0 Å². The number of anilines is 10. The summed E-state index contributed by atoms with van der Waals surface area (Å²) in [5, 5.41) is 0. The summed E-state index contributed by atoms with van der Waals surface area (Å²) >= 11 is 0. The highest BCUT2D eigenvalue weighted by Gasteiger charge is 2.28. The van der Waals surface area contributed by atoms with Gasteiger partial charge in [-0.3, -0.25) is 0 Å². The van der Waals surface area contributed by atoms with Crippen LogP contribution in [0, 0.1) is 0 Å². The monoisotopic (exact) mass is 695 g/mol. The Morgan fingerprint density at radius 3 is 0.963 bits per heavy atom. The molecule has 0 bridgehead atoms. The lowest BCUT2D eigenvalue weighted by atomic mass is 9.99. The van der Waals surface area contributed by atoms with Gasteiger partial charge in [0.05, 0.1) is 56.9 Å². The molecule has 0 atom stereocenters. The molecule has 0 amide bonds. The average molecular weight is 696 g/mol. The largest absolute Gasteiger partial charge is 0.341 e. The minimum atomic E-state index is 0.933. The first-order valence-electron chi connectivity index (χ1n) is 18.3. The Bertz CT molecular complexity index is 2390. The number of hydrogen-bond acceptors (Lipinski definition) is 5. The van der Waals surface area contributed by atoms with Crippen LogP contribution in [0.2, 0.25) is 0 Å². The SMILES string of the molecule is CN1c2ccccc2N(c2ccc(-c3cc(-c4ccccc4)cc(-c4ccc(N5c6ccccc6N(C)c6ccccc65)cc4)n3)cc2)c2ccccc21. The summed E-state index contributed by atoms with van der Waals surface area (Å²) in [5.41, 5.74) is 17.8. The number of hydrogen-bond donors (Lipinski definition) is 0. The second-order valence-electron chi connectivity index (χ2n) is 13.8. The van der Waals surface area contributed by atoms with Crippen LogP contribution in [0.15, 0.2) is 188 Å². The first-order chi connectivity index (χ1) is 26.6. The van der Waals surface area contributed by atoms with Crippen molar-refractivity contribution in [3.8, 4) is 33.6 Å². The van der Waals surface area contributed by atoms with Crippen molar-refractivity contribution in [2.24, 2.45) is 0 Å². The van der Waals surface area contributed by atoms with Crippen molar-refractivity contribution in [1.82, 2.24) is 4.98 Å². The molecule has 0 radical (unpaired) electrons. The molecule has 0 spiro atoms. The van der Waals surface area contributed by atoms with E-state index in [2.05, 4.69) is 222 Å². The van der Waals surface area contributed by atoms with Crippen LogP contribution >= 0.6 is 0 Å². The zero-order chi connectivity index (χ0) is 36.2. The number of aromatic nitrogens is 1. The van der Waals surface area contributed by atoms with E-state index >= 15 is 0 Å². The van der Waals surface area contributed by atoms with Gasteiger partial charge in [-0.05, 0) is 96.1 Å². The van der Waals surface area contributed by atoms with Crippen LogP contribution in [0.5, 0.6) is 0 Å². The molecule has 2 aliphatic heterocycles. The summed E-state index contributed by atoms with van der Waals surface area (Å²) in [7, 11) is 4.28. The summed E-state index contributed by atoms with van der Waals surface area (Å²) in [6.07, 6.45) is 0. The van der Waals surface area contributed by atoms with Gasteiger partial charge in [0.2, 0.25) is 0 Å². The zero-order valence-electron chi connectivity index (χ0n) is 30.1. The van der Waals surface area contributed by atoms with Gasteiger partial charge in [0.25, 0.3) is 0 Å². The molecule has 0 fully saturated rings. The van der Waals surface area contributed by atoms with Crippen LogP contribution in [0.25, 0.3) is 33.6 Å². The summed E-state index contributed by atoms with van der Waals surface area (Å²) < 4.78 is 0. The normalized spacial score (nSPS) is 12.9. The minimum Gasteiger partial charge on any atom is -0.341 e. The predicted molar refractivity (Wildman–Crippen MR) is 226 cm³/mol. The van der Waals surface area contributed by atoms with Gasteiger partial charge < -0.3 is 19.6 Å². The first-order valence-corrected chi connectivity index (χ1v) is 18.3. The van der Waals surface area contributed by atoms with Gasteiger partial charge in [0.15, 0.2) is 0 Å². The minimum absolute atomic E-state index is 0.933. The number of fused-ring (bicyclic) bond motifs is 4. The molecule has 0 saturated carbocycles. The molecule has 5 heteroatoms. The van der Waals surface area contributed by atoms with Crippen molar-refractivity contribution in [3.05, 3.63) is 188 Å². The predicted octanol–water partition coefficient (Wildman–Crippen LogP) is 13.2. The van der Waals surface area contributed by atoms with Gasteiger partial charge in [0.1, 0.15) is 0 Å². The van der Waals surface area contributed by atoms with Crippen molar-refractivity contribution >= 4 is 56.9 Å². The molecule has 5 nitrogen and oxygen atoms in total. The van der Waals surface area contributed by atoms with Crippen LogP contribution in [0.3, 0.4) is 0 Å². The molecule has 0 saturated heterocycles. The molecule has 0 unspecified atom stereocenters. The van der Waals surface area contributed by atoms with Gasteiger partial charge in [0, 0.05) is 36.6 Å². The molecule has 7 aromatic carbocycles. The average Bonchev–Trinajstić information content (AvgIpc) is 3.24. The fourth-order valence-corrected chi connectivity index (χ4v) is 8.01. The highest BCUT2D eigenvalue weighted by Crippen LogP contribution is 2.52. The van der Waals surface area contributed by atoms with Crippen molar-refractivity contribution in [1.29, 1.82) is 0 Å². The highest BCUT2D eigenvalue weighted by molar-refractivity contribution is 5.99. The van der Waals surface area contributed by atoms with E-state index in [1.54, 1.807) is 0 Å². The number of benzene rings is 7. The summed E-state index contributed by atoms with van der Waals surface area (Å²) in [4.78, 5) is 14.6. The number of rotatable bonds is 5. The highest BCUT2D eigenvalue weighted by atomic mass is 15.3. The first kappa shape index (κ1) is 31.6.